The molecule has 6 nitrogen and oxygen atoms in total. The summed E-state index contributed by atoms with van der Waals surface area (Å²) in [6.45, 7) is 3.93. The lowest BCUT2D eigenvalue weighted by atomic mass is 9.89. The van der Waals surface area contributed by atoms with E-state index in [4.69, 9.17) is 0 Å². The van der Waals surface area contributed by atoms with E-state index in [9.17, 15) is 9.59 Å². The van der Waals surface area contributed by atoms with Gasteiger partial charge in [0.25, 0.3) is 11.5 Å². The minimum atomic E-state index is -0.161. The maximum Gasteiger partial charge on any atom is 0.274 e. The van der Waals surface area contributed by atoms with Crippen LogP contribution in [0.4, 0.5) is 0 Å². The monoisotopic (exact) mass is 364 g/mol. The number of nitrogens with zero attached hydrogens (tertiary/aromatic N) is 3. The quantitative estimate of drug-likeness (QED) is 0.773. The minimum Gasteiger partial charge on any atom is -0.361 e. The fraction of sp³-hybridized carbons (Fsp3) is 0.381. The molecule has 1 N–H and O–H groups in total. The summed E-state index contributed by atoms with van der Waals surface area (Å²) in [5.41, 5.74) is 2.70. The molecule has 140 valence electrons. The van der Waals surface area contributed by atoms with Crippen LogP contribution in [-0.2, 0) is 6.54 Å². The lowest BCUT2D eigenvalue weighted by molar-refractivity contribution is 0.0704. The summed E-state index contributed by atoms with van der Waals surface area (Å²) in [5.74, 6) is 0.365. The summed E-state index contributed by atoms with van der Waals surface area (Å²) < 4.78 is 1.38. The number of rotatable bonds is 4. The number of nitrogens with one attached hydrogen (secondary N) is 1. The van der Waals surface area contributed by atoms with Gasteiger partial charge in [0, 0.05) is 42.8 Å². The van der Waals surface area contributed by atoms with Crippen molar-refractivity contribution < 1.29 is 4.79 Å². The number of aromatic nitrogens is 3. The zero-order chi connectivity index (χ0) is 18.8. The topological polar surface area (TPSA) is 71.0 Å². The van der Waals surface area contributed by atoms with E-state index in [0.29, 0.717) is 31.2 Å². The largest absolute Gasteiger partial charge is 0.361 e. The first kappa shape index (κ1) is 17.5. The Bertz CT molecular complexity index is 1010. The second-order valence-corrected chi connectivity index (χ2v) is 7.14. The number of aryl methyl sites for hydroxylation is 1. The van der Waals surface area contributed by atoms with E-state index in [0.717, 1.165) is 24.8 Å². The maximum atomic E-state index is 12.8. The highest BCUT2D eigenvalue weighted by molar-refractivity contribution is 5.92. The van der Waals surface area contributed by atoms with Crippen LogP contribution in [0, 0.1) is 0 Å². The fourth-order valence-electron chi connectivity index (χ4n) is 3.92. The smallest absolute Gasteiger partial charge is 0.274 e. The maximum absolute atomic E-state index is 12.8. The molecule has 2 aromatic heterocycles. The molecule has 0 spiro atoms. The number of piperidine rings is 1. The normalized spacial score (nSPS) is 15.4. The molecule has 0 aliphatic carbocycles. The Balaban J connectivity index is 1.47. The lowest BCUT2D eigenvalue weighted by Crippen LogP contribution is -2.39. The van der Waals surface area contributed by atoms with Crippen molar-refractivity contribution in [3.63, 3.8) is 0 Å². The molecular weight excluding hydrogens is 340 g/mol. The molecule has 4 rings (SSSR count). The van der Waals surface area contributed by atoms with Gasteiger partial charge in [-0.15, -0.1) is 0 Å². The lowest BCUT2D eigenvalue weighted by Gasteiger charge is -2.31. The Labute approximate surface area is 157 Å². The molecule has 6 heteroatoms. The summed E-state index contributed by atoms with van der Waals surface area (Å²) in [5, 5.41) is 5.53. The molecule has 1 aromatic carbocycles. The van der Waals surface area contributed by atoms with Crippen molar-refractivity contribution in [2.75, 3.05) is 13.1 Å². The second-order valence-electron chi connectivity index (χ2n) is 7.14. The van der Waals surface area contributed by atoms with Crippen molar-refractivity contribution in [2.24, 2.45) is 0 Å². The Morgan fingerprint density at radius 2 is 1.96 bits per heavy atom. The number of benzene rings is 1. The molecule has 1 aliphatic heterocycles. The van der Waals surface area contributed by atoms with Crippen LogP contribution in [0.15, 0.2) is 47.4 Å². The van der Waals surface area contributed by atoms with Crippen LogP contribution >= 0.6 is 0 Å². The average molecular weight is 364 g/mol. The Morgan fingerprint density at radius 1 is 1.19 bits per heavy atom. The van der Waals surface area contributed by atoms with Crippen LogP contribution in [0.25, 0.3) is 10.9 Å². The number of carbonyl (C=O) groups is 1. The van der Waals surface area contributed by atoms with E-state index in [2.05, 4.69) is 34.5 Å². The van der Waals surface area contributed by atoms with Gasteiger partial charge in [0.05, 0.1) is 0 Å². The highest BCUT2D eigenvalue weighted by Crippen LogP contribution is 2.33. The number of likely N-dealkylation sites (tertiary alicyclic amines) is 1. The van der Waals surface area contributed by atoms with Crippen LogP contribution in [0.1, 0.15) is 48.2 Å². The molecule has 1 aliphatic rings. The van der Waals surface area contributed by atoms with Crippen LogP contribution in [0.2, 0.25) is 0 Å². The molecule has 1 amide bonds. The van der Waals surface area contributed by atoms with E-state index >= 15 is 0 Å². The van der Waals surface area contributed by atoms with Gasteiger partial charge in [0.1, 0.15) is 5.69 Å². The van der Waals surface area contributed by atoms with Gasteiger partial charge in [0.2, 0.25) is 0 Å². The summed E-state index contributed by atoms with van der Waals surface area (Å²) in [7, 11) is 0. The third-order valence-electron chi connectivity index (χ3n) is 5.36. The molecule has 3 heterocycles. The van der Waals surface area contributed by atoms with Gasteiger partial charge in [-0.05, 0) is 42.9 Å². The van der Waals surface area contributed by atoms with Crippen molar-refractivity contribution in [1.29, 1.82) is 0 Å². The highest BCUT2D eigenvalue weighted by Gasteiger charge is 2.26. The third kappa shape index (κ3) is 3.39. The SMILES string of the molecule is CCCn1nc(C(=O)N2CCC(c3c[nH]c4ccccc34)CC2)ccc1=O. The number of para-hydroxylation sites is 1. The predicted molar refractivity (Wildman–Crippen MR) is 105 cm³/mol. The van der Waals surface area contributed by atoms with Crippen molar-refractivity contribution in [3.05, 3.63) is 64.2 Å². The fourth-order valence-corrected chi connectivity index (χ4v) is 3.92. The first-order chi connectivity index (χ1) is 13.2. The molecule has 0 bridgehead atoms. The Kier molecular flexibility index (Phi) is 4.79. The van der Waals surface area contributed by atoms with E-state index in [1.165, 1.54) is 21.7 Å². The first-order valence-corrected chi connectivity index (χ1v) is 9.61. The molecular formula is C21H24N4O2. The predicted octanol–water partition coefficient (Wildman–Crippen LogP) is 3.15. The van der Waals surface area contributed by atoms with E-state index in [1.807, 2.05) is 17.9 Å². The van der Waals surface area contributed by atoms with Crippen LogP contribution in [0.3, 0.4) is 0 Å². The molecule has 0 radical (unpaired) electrons. The van der Waals surface area contributed by atoms with Crippen LogP contribution in [0.5, 0.6) is 0 Å². The van der Waals surface area contributed by atoms with E-state index in [1.54, 1.807) is 6.07 Å². The standard InChI is InChI=1S/C21H24N4O2/c1-2-11-25-20(26)8-7-19(23-25)21(27)24-12-9-15(10-13-24)17-14-22-18-6-4-3-5-16(17)18/h3-8,14-15,22H,2,9-13H2,1H3. The van der Waals surface area contributed by atoms with Gasteiger partial charge >= 0.3 is 0 Å². The molecule has 27 heavy (non-hydrogen) atoms. The molecule has 1 fully saturated rings. The summed E-state index contributed by atoms with van der Waals surface area (Å²) in [4.78, 5) is 29.8. The first-order valence-electron chi connectivity index (χ1n) is 9.61. The Morgan fingerprint density at radius 3 is 2.74 bits per heavy atom. The Hall–Kier alpha value is -2.89. The number of aromatic amines is 1. The molecule has 0 saturated carbocycles. The molecule has 3 aromatic rings. The molecule has 1 saturated heterocycles. The summed E-state index contributed by atoms with van der Waals surface area (Å²) in [6, 6.07) is 11.3. The van der Waals surface area contributed by atoms with Crippen LogP contribution in [-0.4, -0.2) is 38.7 Å². The van der Waals surface area contributed by atoms with Gasteiger partial charge in [0.15, 0.2) is 0 Å². The van der Waals surface area contributed by atoms with Gasteiger partial charge < -0.3 is 9.88 Å². The summed E-state index contributed by atoms with van der Waals surface area (Å²) in [6.07, 6.45) is 4.78. The second kappa shape index (κ2) is 7.39. The van der Waals surface area contributed by atoms with Gasteiger partial charge in [-0.1, -0.05) is 25.1 Å². The van der Waals surface area contributed by atoms with Crippen molar-refractivity contribution in [2.45, 2.75) is 38.6 Å². The van der Waals surface area contributed by atoms with Crippen molar-refractivity contribution in [3.8, 4) is 0 Å². The number of hydrogen-bond donors (Lipinski definition) is 1. The van der Waals surface area contributed by atoms with Gasteiger partial charge in [-0.3, -0.25) is 9.59 Å². The number of carbonyl (C=O) groups excluding carboxylic acids is 1. The highest BCUT2D eigenvalue weighted by atomic mass is 16.2. The number of hydrogen-bond acceptors (Lipinski definition) is 3. The molecule has 0 unspecified atom stereocenters. The van der Waals surface area contributed by atoms with Crippen molar-refractivity contribution >= 4 is 16.8 Å². The molecule has 0 atom stereocenters. The third-order valence-corrected chi connectivity index (χ3v) is 5.36. The zero-order valence-electron chi connectivity index (χ0n) is 15.5. The number of amides is 1. The van der Waals surface area contributed by atoms with Gasteiger partial charge in [-0.2, -0.15) is 5.10 Å². The number of fused-ring (bicyclic) bond motifs is 1. The average Bonchev–Trinajstić information content (AvgIpc) is 3.14. The number of H-pyrrole nitrogens is 1. The zero-order valence-corrected chi connectivity index (χ0v) is 15.5. The van der Waals surface area contributed by atoms with E-state index < -0.39 is 0 Å². The summed E-state index contributed by atoms with van der Waals surface area (Å²) >= 11 is 0. The minimum absolute atomic E-state index is 0.0859. The van der Waals surface area contributed by atoms with Crippen LogP contribution < -0.4 is 5.56 Å². The van der Waals surface area contributed by atoms with Gasteiger partial charge in [-0.25, -0.2) is 4.68 Å². The van der Waals surface area contributed by atoms with Crippen molar-refractivity contribution in [1.82, 2.24) is 19.7 Å². The van der Waals surface area contributed by atoms with E-state index in [-0.39, 0.29) is 11.5 Å².